The first-order chi connectivity index (χ1) is 16.7. The summed E-state index contributed by atoms with van der Waals surface area (Å²) in [6.45, 7) is 0. The zero-order valence-electron chi connectivity index (χ0n) is 18.7. The normalized spacial score (nSPS) is 16.8. The molecular formula is C30H25FN2O. The van der Waals surface area contributed by atoms with Crippen LogP contribution in [0.3, 0.4) is 0 Å². The number of allylic oxidation sites excluding steroid dienone is 4. The highest BCUT2D eigenvalue weighted by Gasteiger charge is 2.23. The molecule has 34 heavy (non-hydrogen) atoms. The summed E-state index contributed by atoms with van der Waals surface area (Å²) in [6, 6.07) is 12.8. The van der Waals surface area contributed by atoms with Gasteiger partial charge in [-0.1, -0.05) is 42.5 Å². The van der Waals surface area contributed by atoms with Crippen molar-refractivity contribution in [1.29, 1.82) is 0 Å². The second-order valence-electron chi connectivity index (χ2n) is 8.49. The second-order valence-corrected chi connectivity index (χ2v) is 8.49. The number of carbonyl (C=O) groups excluding carboxylic acids is 1. The number of hydrogen-bond donors (Lipinski definition) is 1. The predicted molar refractivity (Wildman–Crippen MR) is 135 cm³/mol. The average molecular weight is 449 g/mol. The molecular weight excluding hydrogens is 423 g/mol. The molecule has 3 aliphatic rings. The van der Waals surface area contributed by atoms with Crippen molar-refractivity contribution in [1.82, 2.24) is 10.3 Å². The number of aromatic nitrogens is 1. The molecule has 1 aliphatic heterocycles. The third-order valence-corrected chi connectivity index (χ3v) is 6.38. The van der Waals surface area contributed by atoms with E-state index in [1.165, 1.54) is 11.6 Å². The SMILES string of the molecule is C1=CC=CNC=C1.O=C(c1ccncc1)C1C=c2c(ccc3c2=CCc2ccc(F)cc2-3)CC1. The van der Waals surface area contributed by atoms with Gasteiger partial charge >= 0.3 is 0 Å². The van der Waals surface area contributed by atoms with Crippen molar-refractivity contribution < 1.29 is 9.18 Å². The molecule has 0 spiro atoms. The molecule has 3 nitrogen and oxygen atoms in total. The van der Waals surface area contributed by atoms with Crippen LogP contribution in [0.25, 0.3) is 23.3 Å². The third-order valence-electron chi connectivity index (χ3n) is 6.38. The highest BCUT2D eigenvalue weighted by molar-refractivity contribution is 6.01. The Morgan fingerprint density at radius 1 is 0.882 bits per heavy atom. The zero-order chi connectivity index (χ0) is 23.3. The molecule has 1 aromatic heterocycles. The summed E-state index contributed by atoms with van der Waals surface area (Å²) in [5.74, 6) is -0.203. The van der Waals surface area contributed by atoms with E-state index in [2.05, 4.69) is 34.6 Å². The number of nitrogens with zero attached hydrogens (tertiary/aromatic N) is 1. The van der Waals surface area contributed by atoms with Crippen LogP contribution in [0.15, 0.2) is 91.6 Å². The molecule has 1 unspecified atom stereocenters. The van der Waals surface area contributed by atoms with Crippen LogP contribution in [0.1, 0.15) is 27.9 Å². The van der Waals surface area contributed by atoms with Gasteiger partial charge in [0.15, 0.2) is 5.78 Å². The summed E-state index contributed by atoms with van der Waals surface area (Å²) >= 11 is 0. The molecule has 168 valence electrons. The molecule has 0 saturated carbocycles. The molecule has 3 aromatic rings. The van der Waals surface area contributed by atoms with Gasteiger partial charge in [-0.15, -0.1) is 0 Å². The topological polar surface area (TPSA) is 42.0 Å². The van der Waals surface area contributed by atoms with Crippen molar-refractivity contribution in [2.45, 2.75) is 19.3 Å². The van der Waals surface area contributed by atoms with E-state index >= 15 is 0 Å². The monoisotopic (exact) mass is 448 g/mol. The fourth-order valence-corrected chi connectivity index (χ4v) is 4.68. The van der Waals surface area contributed by atoms with Crippen molar-refractivity contribution in [3.63, 3.8) is 0 Å². The summed E-state index contributed by atoms with van der Waals surface area (Å²) in [6.07, 6.45) is 21.7. The Morgan fingerprint density at radius 3 is 2.44 bits per heavy atom. The number of fused-ring (bicyclic) bond motifs is 5. The maximum Gasteiger partial charge on any atom is 0.169 e. The minimum atomic E-state index is -0.214. The molecule has 4 heteroatoms. The van der Waals surface area contributed by atoms with Gasteiger partial charge in [-0.25, -0.2) is 4.39 Å². The van der Waals surface area contributed by atoms with E-state index in [4.69, 9.17) is 0 Å². The van der Waals surface area contributed by atoms with Crippen molar-refractivity contribution >= 4 is 17.9 Å². The zero-order valence-corrected chi connectivity index (χ0v) is 18.7. The number of nitrogens with one attached hydrogen (secondary N) is 1. The quantitative estimate of drug-likeness (QED) is 0.582. The van der Waals surface area contributed by atoms with Gasteiger partial charge in [0.2, 0.25) is 0 Å². The lowest BCUT2D eigenvalue weighted by Crippen LogP contribution is -2.37. The summed E-state index contributed by atoms with van der Waals surface area (Å²) in [5, 5.41) is 5.20. The van der Waals surface area contributed by atoms with E-state index in [9.17, 15) is 9.18 Å². The van der Waals surface area contributed by atoms with Crippen molar-refractivity contribution in [3.05, 3.63) is 125 Å². The van der Waals surface area contributed by atoms with Gasteiger partial charge in [-0.2, -0.15) is 0 Å². The van der Waals surface area contributed by atoms with Crippen LogP contribution in [0, 0.1) is 11.7 Å². The number of ketones is 1. The third kappa shape index (κ3) is 4.53. The van der Waals surface area contributed by atoms with Gasteiger partial charge in [0.05, 0.1) is 0 Å². The Kier molecular flexibility index (Phi) is 6.30. The Labute approximate surface area is 198 Å². The summed E-state index contributed by atoms with van der Waals surface area (Å²) < 4.78 is 13.8. The Bertz CT molecular complexity index is 1420. The molecule has 0 bridgehead atoms. The van der Waals surface area contributed by atoms with Crippen LogP contribution in [0.4, 0.5) is 4.39 Å². The predicted octanol–water partition coefficient (Wildman–Crippen LogP) is 4.62. The lowest BCUT2D eigenvalue weighted by Gasteiger charge is -2.21. The molecule has 2 heterocycles. The van der Waals surface area contributed by atoms with E-state index in [0.717, 1.165) is 46.4 Å². The molecule has 0 fully saturated rings. The van der Waals surface area contributed by atoms with Crippen LogP contribution in [-0.2, 0) is 12.8 Å². The molecule has 1 atom stereocenters. The summed E-state index contributed by atoms with van der Waals surface area (Å²) in [7, 11) is 0. The van der Waals surface area contributed by atoms with Gasteiger partial charge in [0.1, 0.15) is 5.82 Å². The highest BCUT2D eigenvalue weighted by atomic mass is 19.1. The van der Waals surface area contributed by atoms with E-state index in [1.807, 2.05) is 42.8 Å². The van der Waals surface area contributed by atoms with E-state index in [0.29, 0.717) is 5.56 Å². The Balaban J connectivity index is 0.000000297. The Hall–Kier alpha value is -4.05. The molecule has 2 aliphatic carbocycles. The number of rotatable bonds is 2. The molecule has 0 saturated heterocycles. The maximum atomic E-state index is 13.8. The van der Waals surface area contributed by atoms with Gasteiger partial charge < -0.3 is 5.32 Å². The van der Waals surface area contributed by atoms with Crippen molar-refractivity contribution in [2.24, 2.45) is 5.92 Å². The van der Waals surface area contributed by atoms with Gasteiger partial charge in [0.25, 0.3) is 0 Å². The number of halogens is 1. The summed E-state index contributed by atoms with van der Waals surface area (Å²) in [5.41, 5.74) is 5.14. The van der Waals surface area contributed by atoms with Crippen LogP contribution in [0.2, 0.25) is 0 Å². The standard InChI is InChI=1S/C24H18FNO.C6H7N/c25-19-6-3-16-5-7-20-21(23(16)14-19)8-4-15-1-2-18(13-22(15)20)24(27)17-9-11-26-12-10-17;1-2-4-6-7-5-3-1/h3-4,6-14,18H,1-2,5H2;1-7H. The first-order valence-electron chi connectivity index (χ1n) is 11.5. The number of Topliss-reactive ketones (excluding diaryl/α,β-unsaturated/α-hetero) is 1. The van der Waals surface area contributed by atoms with Crippen LogP contribution in [0.5, 0.6) is 0 Å². The van der Waals surface area contributed by atoms with Gasteiger partial charge in [-0.05, 0) is 88.4 Å². The van der Waals surface area contributed by atoms with Crippen molar-refractivity contribution in [3.8, 4) is 11.1 Å². The number of pyridine rings is 1. The number of carbonyl (C=O) groups is 1. The van der Waals surface area contributed by atoms with Crippen LogP contribution in [-0.4, -0.2) is 10.8 Å². The Morgan fingerprint density at radius 2 is 1.65 bits per heavy atom. The molecule has 2 aromatic carbocycles. The van der Waals surface area contributed by atoms with E-state index in [-0.39, 0.29) is 17.5 Å². The van der Waals surface area contributed by atoms with Gasteiger partial charge in [0, 0.05) is 36.3 Å². The molecule has 0 radical (unpaired) electrons. The number of hydrogen-bond acceptors (Lipinski definition) is 3. The fraction of sp³-hybridized carbons (Fsp3) is 0.133. The van der Waals surface area contributed by atoms with E-state index < -0.39 is 0 Å². The second kappa shape index (κ2) is 9.84. The van der Waals surface area contributed by atoms with E-state index in [1.54, 1.807) is 30.6 Å². The maximum absolute atomic E-state index is 13.8. The lowest BCUT2D eigenvalue weighted by atomic mass is 9.82. The summed E-state index contributed by atoms with van der Waals surface area (Å²) in [4.78, 5) is 16.9. The molecule has 1 N–H and O–H groups in total. The largest absolute Gasteiger partial charge is 0.368 e. The first kappa shape index (κ1) is 21.8. The van der Waals surface area contributed by atoms with Gasteiger partial charge in [-0.3, -0.25) is 9.78 Å². The number of benzene rings is 2. The lowest BCUT2D eigenvalue weighted by molar-refractivity contribution is 0.0946. The smallest absolute Gasteiger partial charge is 0.169 e. The van der Waals surface area contributed by atoms with Crippen molar-refractivity contribution in [2.75, 3.05) is 0 Å². The molecule has 0 amide bonds. The fourth-order valence-electron chi connectivity index (χ4n) is 4.68. The molecule has 6 rings (SSSR count). The highest BCUT2D eigenvalue weighted by Crippen LogP contribution is 2.27. The minimum absolute atomic E-state index is 0.131. The first-order valence-corrected chi connectivity index (χ1v) is 11.5. The van der Waals surface area contributed by atoms with Crippen LogP contribution >= 0.6 is 0 Å². The number of aryl methyl sites for hydroxylation is 1. The minimum Gasteiger partial charge on any atom is -0.368 e. The average Bonchev–Trinajstić information content (AvgIpc) is 3.22. The van der Waals surface area contributed by atoms with Crippen LogP contribution < -0.4 is 15.8 Å².